The van der Waals surface area contributed by atoms with Gasteiger partial charge in [0.05, 0.1) is 11.0 Å². The van der Waals surface area contributed by atoms with Crippen LogP contribution in [-0.2, 0) is 0 Å². The highest BCUT2D eigenvalue weighted by molar-refractivity contribution is 7.26. The smallest absolute Gasteiger partial charge is 0.165 e. The van der Waals surface area contributed by atoms with Crippen molar-refractivity contribution in [2.75, 3.05) is 0 Å². The van der Waals surface area contributed by atoms with Gasteiger partial charge in [-0.3, -0.25) is 4.57 Å². The Kier molecular flexibility index (Phi) is 6.83. The molecule has 0 aliphatic rings. The number of rotatable bonds is 5. The van der Waals surface area contributed by atoms with Gasteiger partial charge in [-0.2, -0.15) is 0 Å². The molecule has 0 amide bonds. The van der Waals surface area contributed by atoms with E-state index in [0.717, 1.165) is 50.2 Å². The van der Waals surface area contributed by atoms with Gasteiger partial charge in [0.15, 0.2) is 17.5 Å². The van der Waals surface area contributed by atoms with Crippen LogP contribution in [0.25, 0.3) is 103 Å². The average Bonchev–Trinajstić information content (AvgIpc) is 3.92. The lowest BCUT2D eigenvalue weighted by Crippen LogP contribution is -2.00. The molecule has 7 heteroatoms. The van der Waals surface area contributed by atoms with Crippen molar-refractivity contribution < 1.29 is 0 Å². The summed E-state index contributed by atoms with van der Waals surface area (Å²) in [5.74, 6) is 2.90. The Bertz CT molecular complexity index is 3180. The van der Waals surface area contributed by atoms with E-state index >= 15 is 0 Å². The second kappa shape index (κ2) is 12.0. The summed E-state index contributed by atoms with van der Waals surface area (Å²) in [6, 6.07) is 57.2. The molecule has 248 valence electrons. The molecule has 4 heterocycles. The maximum Gasteiger partial charge on any atom is 0.165 e. The van der Waals surface area contributed by atoms with Crippen molar-refractivity contribution in [3.8, 4) is 51.2 Å². The molecular weight excluding hydrogens is 687 g/mol. The average molecular weight is 714 g/mol. The number of hydrogen-bond donors (Lipinski definition) is 0. The minimum absolute atomic E-state index is 0.655. The summed E-state index contributed by atoms with van der Waals surface area (Å²) in [5.41, 5.74) is 7.15. The summed E-state index contributed by atoms with van der Waals surface area (Å²) in [6.45, 7) is 0. The normalized spacial score (nSPS) is 11.8. The van der Waals surface area contributed by atoms with Gasteiger partial charge in [-0.25, -0.2) is 19.9 Å². The molecule has 0 bridgehead atoms. The van der Waals surface area contributed by atoms with Crippen molar-refractivity contribution in [3.05, 3.63) is 164 Å². The van der Waals surface area contributed by atoms with Gasteiger partial charge in [-0.15, -0.1) is 22.7 Å². The summed E-state index contributed by atoms with van der Waals surface area (Å²) in [4.78, 5) is 20.7. The van der Waals surface area contributed by atoms with E-state index in [1.807, 2.05) is 30.3 Å². The predicted molar refractivity (Wildman–Crippen MR) is 222 cm³/mol. The first-order chi connectivity index (χ1) is 26.3. The fraction of sp³-hybridized carbons (Fsp3) is 0. The molecule has 53 heavy (non-hydrogen) atoms. The minimum Gasteiger partial charge on any atom is -0.292 e. The van der Waals surface area contributed by atoms with E-state index in [-0.39, 0.29) is 0 Å². The topological polar surface area (TPSA) is 56.5 Å². The first-order valence-electron chi connectivity index (χ1n) is 17.5. The van der Waals surface area contributed by atoms with Gasteiger partial charge in [-0.05, 0) is 48.5 Å². The lowest BCUT2D eigenvalue weighted by atomic mass is 10.0. The zero-order valence-electron chi connectivity index (χ0n) is 28.1. The number of aromatic nitrogens is 5. The van der Waals surface area contributed by atoms with E-state index in [2.05, 4.69) is 138 Å². The number of thiophene rings is 2. The van der Waals surface area contributed by atoms with Crippen LogP contribution < -0.4 is 0 Å². The van der Waals surface area contributed by atoms with Crippen molar-refractivity contribution in [2.24, 2.45) is 0 Å². The molecule has 0 N–H and O–H groups in total. The molecule has 0 aliphatic heterocycles. The third-order valence-corrected chi connectivity index (χ3v) is 12.2. The van der Waals surface area contributed by atoms with Crippen molar-refractivity contribution in [2.45, 2.75) is 0 Å². The van der Waals surface area contributed by atoms with Gasteiger partial charge in [-0.1, -0.05) is 115 Å². The first kappa shape index (κ1) is 30.1. The molecule has 0 unspecified atom stereocenters. The number of nitrogens with zero attached hydrogens (tertiary/aromatic N) is 5. The van der Waals surface area contributed by atoms with E-state index in [4.69, 9.17) is 19.9 Å². The monoisotopic (exact) mass is 713 g/mol. The summed E-state index contributed by atoms with van der Waals surface area (Å²) in [6.07, 6.45) is 0. The molecule has 0 saturated heterocycles. The Morgan fingerprint density at radius 2 is 1.09 bits per heavy atom. The Morgan fingerprint density at radius 3 is 1.98 bits per heavy atom. The second-order valence-corrected chi connectivity index (χ2v) is 15.2. The van der Waals surface area contributed by atoms with Crippen LogP contribution in [0.3, 0.4) is 0 Å². The fourth-order valence-electron chi connectivity index (χ4n) is 7.47. The van der Waals surface area contributed by atoms with Crippen LogP contribution in [0.4, 0.5) is 0 Å². The third-order valence-electron chi connectivity index (χ3n) is 9.88. The molecule has 5 nitrogen and oxygen atoms in total. The zero-order chi connectivity index (χ0) is 34.9. The fourth-order valence-corrected chi connectivity index (χ4v) is 9.85. The minimum atomic E-state index is 0.655. The lowest BCUT2D eigenvalue weighted by Gasteiger charge is -2.10. The summed E-state index contributed by atoms with van der Waals surface area (Å²) < 4.78 is 7.05. The van der Waals surface area contributed by atoms with E-state index < -0.39 is 0 Å². The molecule has 4 aromatic heterocycles. The SMILES string of the molecule is c1ccc(-c2nc(-c3cccc4c3sc3ccccc34)nc(-c3cccc4sc5cc(-c6nc7ccccc7n6-c6ccccc6)ccc5c34)n2)cc1. The van der Waals surface area contributed by atoms with Crippen molar-refractivity contribution >= 4 is 74.1 Å². The molecule has 0 saturated carbocycles. The largest absolute Gasteiger partial charge is 0.292 e. The standard InChI is InChI=1S/C46H27N5S2/c1-3-13-28(14-4-1)43-48-44(50-45(49-43)35-20-11-18-32-31-17-7-10-23-38(31)53-42(32)35)34-19-12-24-39-41(34)33-26-25-29(27-40(33)52-39)46-47-36-21-8-9-22-37(36)51(46)30-15-5-2-6-16-30/h1-27H. The molecule has 7 aromatic carbocycles. The van der Waals surface area contributed by atoms with Crippen LogP contribution in [0.2, 0.25) is 0 Å². The van der Waals surface area contributed by atoms with Gasteiger partial charge in [0, 0.05) is 68.3 Å². The molecule has 0 atom stereocenters. The molecule has 0 spiro atoms. The summed E-state index contributed by atoms with van der Waals surface area (Å²) >= 11 is 3.57. The van der Waals surface area contributed by atoms with Crippen LogP contribution in [-0.4, -0.2) is 24.5 Å². The molecule has 0 aliphatic carbocycles. The number of benzene rings is 7. The highest BCUT2D eigenvalue weighted by Crippen LogP contribution is 2.43. The maximum absolute atomic E-state index is 5.27. The number of fused-ring (bicyclic) bond motifs is 7. The van der Waals surface area contributed by atoms with E-state index in [1.54, 1.807) is 22.7 Å². The number of hydrogen-bond acceptors (Lipinski definition) is 6. The van der Waals surface area contributed by atoms with E-state index in [0.29, 0.717) is 17.5 Å². The molecule has 11 aromatic rings. The van der Waals surface area contributed by atoms with Gasteiger partial charge in [0.2, 0.25) is 0 Å². The Balaban J connectivity index is 1.11. The van der Waals surface area contributed by atoms with Crippen LogP contribution in [0, 0.1) is 0 Å². The highest BCUT2D eigenvalue weighted by Gasteiger charge is 2.20. The molecule has 11 rings (SSSR count). The lowest BCUT2D eigenvalue weighted by molar-refractivity contribution is 1.08. The molecule has 0 radical (unpaired) electrons. The first-order valence-corrected chi connectivity index (χ1v) is 19.1. The molecule has 0 fully saturated rings. The van der Waals surface area contributed by atoms with Gasteiger partial charge in [0.25, 0.3) is 0 Å². The van der Waals surface area contributed by atoms with Gasteiger partial charge < -0.3 is 0 Å². The second-order valence-electron chi connectivity index (χ2n) is 13.0. The maximum atomic E-state index is 5.27. The van der Waals surface area contributed by atoms with Gasteiger partial charge in [0.1, 0.15) is 5.82 Å². The summed E-state index contributed by atoms with van der Waals surface area (Å²) in [7, 11) is 0. The number of imidazole rings is 1. The van der Waals surface area contributed by atoms with Crippen LogP contribution >= 0.6 is 22.7 Å². The highest BCUT2D eigenvalue weighted by atomic mass is 32.1. The van der Waals surface area contributed by atoms with Crippen LogP contribution in [0.5, 0.6) is 0 Å². The van der Waals surface area contributed by atoms with Crippen molar-refractivity contribution in [1.29, 1.82) is 0 Å². The van der Waals surface area contributed by atoms with E-state index in [1.165, 1.54) is 35.0 Å². The quantitative estimate of drug-likeness (QED) is 0.178. The Hall–Kier alpha value is -6.54. The summed E-state index contributed by atoms with van der Waals surface area (Å²) in [5, 5.41) is 4.78. The zero-order valence-corrected chi connectivity index (χ0v) is 29.8. The van der Waals surface area contributed by atoms with Crippen molar-refractivity contribution in [1.82, 2.24) is 24.5 Å². The predicted octanol–water partition coefficient (Wildman–Crippen LogP) is 12.6. The van der Waals surface area contributed by atoms with Crippen molar-refractivity contribution in [3.63, 3.8) is 0 Å². The van der Waals surface area contributed by atoms with Crippen LogP contribution in [0.15, 0.2) is 164 Å². The van der Waals surface area contributed by atoms with Gasteiger partial charge >= 0.3 is 0 Å². The Morgan fingerprint density at radius 1 is 0.415 bits per heavy atom. The van der Waals surface area contributed by atoms with E-state index in [9.17, 15) is 0 Å². The van der Waals surface area contributed by atoms with Crippen LogP contribution in [0.1, 0.15) is 0 Å². The Labute approximate surface area is 312 Å². The third kappa shape index (κ3) is 4.89. The molecular formula is C46H27N5S2. The number of para-hydroxylation sites is 3.